The summed E-state index contributed by atoms with van der Waals surface area (Å²) in [5, 5.41) is 18.6. The molecule has 0 unspecified atom stereocenters. The summed E-state index contributed by atoms with van der Waals surface area (Å²) in [5.74, 6) is -0.441. The minimum absolute atomic E-state index is 0.271. The number of benzene rings is 1. The predicted octanol–water partition coefficient (Wildman–Crippen LogP) is 0.900. The monoisotopic (exact) mass is 241 g/mol. The molecule has 0 aromatic heterocycles. The molecule has 2 rings (SSSR count). The molecule has 1 aliphatic rings. The van der Waals surface area contributed by atoms with Crippen LogP contribution >= 0.6 is 0 Å². The van der Waals surface area contributed by atoms with Crippen LogP contribution in [0.1, 0.15) is 23.7 Å². The van der Waals surface area contributed by atoms with Crippen LogP contribution in [-0.2, 0) is 4.74 Å². The number of aliphatic hydroxyl groups is 2. The van der Waals surface area contributed by atoms with Crippen LogP contribution in [0.3, 0.4) is 0 Å². The van der Waals surface area contributed by atoms with Crippen molar-refractivity contribution >= 4 is 5.69 Å². The number of hydrogen-bond acceptors (Lipinski definition) is 4. The molecule has 1 aliphatic heterocycles. The van der Waals surface area contributed by atoms with E-state index in [1.54, 1.807) is 13.0 Å². The van der Waals surface area contributed by atoms with Gasteiger partial charge in [-0.3, -0.25) is 0 Å². The molecule has 0 radical (unpaired) electrons. The van der Waals surface area contributed by atoms with Gasteiger partial charge in [-0.05, 0) is 24.6 Å². The molecule has 0 aliphatic carbocycles. The Bertz CT molecular complexity index is 424. The normalized spacial score (nSPS) is 28.6. The lowest BCUT2D eigenvalue weighted by molar-refractivity contribution is -0.0233. The second-order valence-electron chi connectivity index (χ2n) is 4.38. The summed E-state index contributed by atoms with van der Waals surface area (Å²) in [4.78, 5) is 0. The van der Waals surface area contributed by atoms with E-state index >= 15 is 0 Å². The number of aliphatic hydroxyl groups excluding tert-OH is 2. The summed E-state index contributed by atoms with van der Waals surface area (Å²) in [6.45, 7) is 1.51. The van der Waals surface area contributed by atoms with E-state index in [2.05, 4.69) is 0 Å². The van der Waals surface area contributed by atoms with Gasteiger partial charge in [0.2, 0.25) is 0 Å². The highest BCUT2D eigenvalue weighted by molar-refractivity contribution is 5.49. The Kier molecular flexibility index (Phi) is 3.33. The predicted molar refractivity (Wildman–Crippen MR) is 60.9 cm³/mol. The number of hydrogen-bond donors (Lipinski definition) is 3. The fourth-order valence-electron chi connectivity index (χ4n) is 2.06. The molecule has 4 N–H and O–H groups in total. The molecular formula is C12H16FNO3. The van der Waals surface area contributed by atoms with Crippen LogP contribution in [0.25, 0.3) is 0 Å². The lowest BCUT2D eigenvalue weighted by atomic mass is 10.0. The molecule has 0 saturated carbocycles. The number of nitrogen functional groups attached to an aromatic ring is 1. The molecule has 1 aromatic rings. The zero-order valence-corrected chi connectivity index (χ0v) is 9.56. The summed E-state index contributed by atoms with van der Waals surface area (Å²) < 4.78 is 19.1. The number of halogens is 1. The highest BCUT2D eigenvalue weighted by Crippen LogP contribution is 2.35. The van der Waals surface area contributed by atoms with E-state index in [-0.39, 0.29) is 13.0 Å². The maximum Gasteiger partial charge on any atom is 0.131 e. The van der Waals surface area contributed by atoms with Crippen LogP contribution in [0.4, 0.5) is 10.1 Å². The molecule has 4 nitrogen and oxygen atoms in total. The Hall–Kier alpha value is -1.17. The number of anilines is 1. The van der Waals surface area contributed by atoms with Crippen LogP contribution < -0.4 is 5.73 Å². The second kappa shape index (κ2) is 4.60. The van der Waals surface area contributed by atoms with Crippen molar-refractivity contribution in [1.29, 1.82) is 0 Å². The van der Waals surface area contributed by atoms with Crippen LogP contribution in [0, 0.1) is 12.7 Å². The fraction of sp³-hybridized carbons (Fsp3) is 0.500. The van der Waals surface area contributed by atoms with Gasteiger partial charge >= 0.3 is 0 Å². The number of rotatable bonds is 2. The average molecular weight is 241 g/mol. The number of nitrogens with two attached hydrogens (primary N) is 1. The van der Waals surface area contributed by atoms with Crippen LogP contribution in [0.5, 0.6) is 0 Å². The van der Waals surface area contributed by atoms with E-state index in [1.165, 1.54) is 6.07 Å². The van der Waals surface area contributed by atoms with Gasteiger partial charge in [-0.2, -0.15) is 0 Å². The third kappa shape index (κ3) is 2.26. The van der Waals surface area contributed by atoms with Crippen molar-refractivity contribution < 1.29 is 19.3 Å². The average Bonchev–Trinajstić information content (AvgIpc) is 2.65. The van der Waals surface area contributed by atoms with Gasteiger partial charge in [0.25, 0.3) is 0 Å². The number of ether oxygens (including phenoxy) is 1. The Morgan fingerprint density at radius 1 is 1.53 bits per heavy atom. The SMILES string of the molecule is Cc1cc([C@H]2C[C@H](O)[C@@H](CO)O2)c(F)cc1N. The van der Waals surface area contributed by atoms with Crippen LogP contribution in [0.2, 0.25) is 0 Å². The zero-order chi connectivity index (χ0) is 12.6. The minimum Gasteiger partial charge on any atom is -0.398 e. The van der Waals surface area contributed by atoms with E-state index in [9.17, 15) is 9.50 Å². The molecule has 94 valence electrons. The molecule has 17 heavy (non-hydrogen) atoms. The molecule has 0 spiro atoms. The van der Waals surface area contributed by atoms with Gasteiger partial charge in [0.1, 0.15) is 11.9 Å². The molecule has 1 heterocycles. The molecule has 1 saturated heterocycles. The molecule has 3 atom stereocenters. The lowest BCUT2D eigenvalue weighted by Crippen LogP contribution is -2.24. The largest absolute Gasteiger partial charge is 0.398 e. The van der Waals surface area contributed by atoms with Gasteiger partial charge in [-0.15, -0.1) is 0 Å². The van der Waals surface area contributed by atoms with Crippen LogP contribution in [0.15, 0.2) is 12.1 Å². The Morgan fingerprint density at radius 2 is 2.24 bits per heavy atom. The second-order valence-corrected chi connectivity index (χ2v) is 4.38. The van der Waals surface area contributed by atoms with Crippen molar-refractivity contribution in [2.24, 2.45) is 0 Å². The summed E-state index contributed by atoms with van der Waals surface area (Å²) in [6.07, 6.45) is -1.65. The summed E-state index contributed by atoms with van der Waals surface area (Å²) in [5.41, 5.74) is 7.14. The fourth-order valence-corrected chi connectivity index (χ4v) is 2.06. The minimum atomic E-state index is -0.762. The Morgan fingerprint density at radius 3 is 2.82 bits per heavy atom. The Labute approximate surface area is 98.8 Å². The van der Waals surface area contributed by atoms with E-state index in [0.717, 1.165) is 5.56 Å². The van der Waals surface area contributed by atoms with Crippen LogP contribution in [-0.4, -0.2) is 29.0 Å². The van der Waals surface area contributed by atoms with Gasteiger partial charge in [0.05, 0.1) is 18.8 Å². The van der Waals surface area contributed by atoms with Crippen molar-refractivity contribution in [3.63, 3.8) is 0 Å². The molecular weight excluding hydrogens is 225 g/mol. The topological polar surface area (TPSA) is 75.7 Å². The van der Waals surface area contributed by atoms with Gasteiger partial charge < -0.3 is 20.7 Å². The first-order valence-corrected chi connectivity index (χ1v) is 5.52. The highest BCUT2D eigenvalue weighted by Gasteiger charge is 2.35. The van der Waals surface area contributed by atoms with E-state index in [4.69, 9.17) is 15.6 Å². The van der Waals surface area contributed by atoms with Crippen molar-refractivity contribution in [3.8, 4) is 0 Å². The van der Waals surface area contributed by atoms with Crippen molar-refractivity contribution in [3.05, 3.63) is 29.1 Å². The van der Waals surface area contributed by atoms with Crippen molar-refractivity contribution in [2.45, 2.75) is 31.7 Å². The Balaban J connectivity index is 2.27. The van der Waals surface area contributed by atoms with Gasteiger partial charge in [-0.25, -0.2) is 4.39 Å². The third-order valence-corrected chi connectivity index (χ3v) is 3.14. The third-order valence-electron chi connectivity index (χ3n) is 3.14. The van der Waals surface area contributed by atoms with E-state index < -0.39 is 24.1 Å². The van der Waals surface area contributed by atoms with Gasteiger partial charge in [0, 0.05) is 17.7 Å². The standard InChI is InChI=1S/C12H16FNO3/c1-6-2-7(8(13)3-9(6)14)11-4-10(16)12(5-15)17-11/h2-3,10-12,15-16H,4-5,14H2,1H3/t10-,11+,12+/m0/s1. The van der Waals surface area contributed by atoms with Crippen molar-refractivity contribution in [2.75, 3.05) is 12.3 Å². The first kappa shape index (κ1) is 12.3. The van der Waals surface area contributed by atoms with Crippen molar-refractivity contribution in [1.82, 2.24) is 0 Å². The summed E-state index contributed by atoms with van der Waals surface area (Å²) in [6, 6.07) is 2.88. The summed E-state index contributed by atoms with van der Waals surface area (Å²) in [7, 11) is 0. The van der Waals surface area contributed by atoms with E-state index in [1.807, 2.05) is 0 Å². The maximum absolute atomic E-state index is 13.7. The molecule has 0 bridgehead atoms. The first-order valence-electron chi connectivity index (χ1n) is 5.52. The smallest absolute Gasteiger partial charge is 0.131 e. The van der Waals surface area contributed by atoms with Gasteiger partial charge in [0.15, 0.2) is 0 Å². The lowest BCUT2D eigenvalue weighted by Gasteiger charge is -2.14. The molecule has 5 heteroatoms. The highest BCUT2D eigenvalue weighted by atomic mass is 19.1. The summed E-state index contributed by atoms with van der Waals surface area (Å²) >= 11 is 0. The quantitative estimate of drug-likeness (QED) is 0.672. The van der Waals surface area contributed by atoms with Gasteiger partial charge in [-0.1, -0.05) is 0 Å². The molecule has 1 aromatic carbocycles. The molecule has 0 amide bonds. The molecule has 1 fully saturated rings. The first-order chi connectivity index (χ1) is 8.02. The van der Waals surface area contributed by atoms with E-state index in [0.29, 0.717) is 11.3 Å². The number of aryl methyl sites for hydroxylation is 1. The zero-order valence-electron chi connectivity index (χ0n) is 9.56. The maximum atomic E-state index is 13.7.